The van der Waals surface area contributed by atoms with Gasteiger partial charge in [0.25, 0.3) is 0 Å². The fraction of sp³-hybridized carbons (Fsp3) is 0.418. The van der Waals surface area contributed by atoms with Crippen LogP contribution in [0.15, 0.2) is 158 Å². The summed E-state index contributed by atoms with van der Waals surface area (Å²) in [5.74, 6) is -3.03. The minimum absolute atomic E-state index is 0. The Balaban J connectivity index is -0.0000000881. The van der Waals surface area contributed by atoms with E-state index in [-0.39, 0.29) is 71.0 Å². The highest BCUT2D eigenvalue weighted by molar-refractivity contribution is 5.06. The third-order valence-corrected chi connectivity index (χ3v) is 7.48. The lowest BCUT2D eigenvalue weighted by Crippen LogP contribution is -2.03. The van der Waals surface area contributed by atoms with Gasteiger partial charge in [-0.1, -0.05) is 201 Å². The third-order valence-electron chi connectivity index (χ3n) is 7.48. The monoisotopic (exact) mass is 879 g/mol. The first kappa shape index (κ1) is 74.8. The largest absolute Gasteiger partial charge is 0.381 e. The lowest BCUT2D eigenvalue weighted by Gasteiger charge is -2.08. The van der Waals surface area contributed by atoms with Crippen molar-refractivity contribution in [1.82, 2.24) is 0 Å². The molecule has 0 bridgehead atoms. The van der Waals surface area contributed by atoms with Crippen LogP contribution in [0.3, 0.4) is 0 Å². The average molecular weight is 879 g/mol. The van der Waals surface area contributed by atoms with Crippen LogP contribution in [0.5, 0.6) is 0 Å². The highest BCUT2D eigenvalue weighted by Gasteiger charge is 1.96. The normalized spacial score (nSPS) is 11.8. The number of benzene rings is 5. The highest BCUT2D eigenvalue weighted by Crippen LogP contribution is 2.15. The van der Waals surface area contributed by atoms with Gasteiger partial charge in [-0.05, 0) is 93.5 Å². The number of halogens is 6. The zero-order valence-electron chi connectivity index (χ0n) is 31.3. The van der Waals surface area contributed by atoms with Gasteiger partial charge in [-0.15, -0.1) is 0 Å². The van der Waals surface area contributed by atoms with Crippen LogP contribution in [0.25, 0.3) is 0 Å². The Labute approximate surface area is 378 Å². The van der Waals surface area contributed by atoms with Crippen LogP contribution >= 0.6 is 0 Å². The van der Waals surface area contributed by atoms with Crippen molar-refractivity contribution < 1.29 is 31.1 Å². The van der Waals surface area contributed by atoms with Crippen molar-refractivity contribution in [2.24, 2.45) is 0 Å². The molecule has 1 aliphatic heterocycles. The van der Waals surface area contributed by atoms with Crippen molar-refractivity contribution in [3.05, 3.63) is 193 Å². The van der Waals surface area contributed by atoms with Crippen molar-refractivity contribution >= 4 is 0 Å². The molecule has 8 rings (SSSR count). The summed E-state index contributed by atoms with van der Waals surface area (Å²) < 4.78 is 76.6. The third kappa shape index (κ3) is 51.5. The van der Waals surface area contributed by atoms with Crippen molar-refractivity contribution in [2.45, 2.75) is 143 Å². The van der Waals surface area contributed by atoms with Gasteiger partial charge in [-0.3, -0.25) is 0 Å². The van der Waals surface area contributed by atoms with E-state index in [0.717, 1.165) is 31.4 Å². The number of hydrogen-bond donors (Lipinski definition) is 0. The molecule has 5 aromatic rings. The van der Waals surface area contributed by atoms with E-state index in [2.05, 4.69) is 12.2 Å². The van der Waals surface area contributed by atoms with Gasteiger partial charge < -0.3 is 4.74 Å². The van der Waals surface area contributed by atoms with Gasteiger partial charge >= 0.3 is 0 Å². The minimum atomic E-state index is -0.799. The fourth-order valence-electron chi connectivity index (χ4n) is 4.62. The predicted molar refractivity (Wildman–Crippen MR) is 266 cm³/mol. The number of ether oxygens (including phenoxy) is 1. The Morgan fingerprint density at radius 3 is 0.694 bits per heavy atom. The molecule has 0 radical (unpaired) electrons. The van der Waals surface area contributed by atoms with Crippen LogP contribution < -0.4 is 0 Å². The Kier molecular flexibility index (Phi) is 68.0. The fourth-order valence-corrected chi connectivity index (χ4v) is 4.62. The second-order valence-electron chi connectivity index (χ2n) is 12.2. The maximum absolute atomic E-state index is 11.9. The van der Waals surface area contributed by atoms with Gasteiger partial charge in [0.15, 0.2) is 11.6 Å². The maximum Gasteiger partial charge on any atom is 0.158 e. The van der Waals surface area contributed by atoms with Crippen LogP contribution in [0.2, 0.25) is 0 Å². The molecule has 1 nitrogen and oxygen atoms in total. The van der Waals surface area contributed by atoms with Gasteiger partial charge in [-0.25, -0.2) is 26.3 Å². The second kappa shape index (κ2) is 56.4. The molecule has 1 saturated carbocycles. The average Bonchev–Trinajstić information content (AvgIpc) is 3.24. The Bertz CT molecular complexity index is 1380. The molecule has 5 aromatic carbocycles. The van der Waals surface area contributed by atoms with Crippen molar-refractivity contribution in [3.8, 4) is 0 Å². The summed E-state index contributed by atoms with van der Waals surface area (Å²) in [6.07, 6.45) is 22.9. The summed E-state index contributed by atoms with van der Waals surface area (Å²) >= 11 is 0. The van der Waals surface area contributed by atoms with Gasteiger partial charge in [0.05, 0.1) is 0 Å². The lowest BCUT2D eigenvalue weighted by molar-refractivity contribution is 0.0968. The molecule has 7 heteroatoms. The van der Waals surface area contributed by atoms with Crippen LogP contribution in [-0.2, 0) is 4.74 Å². The molecular formula is C55H88F6O. The summed E-state index contributed by atoms with van der Waals surface area (Å²) in [7, 11) is 0. The van der Waals surface area contributed by atoms with Crippen LogP contribution in [0.1, 0.15) is 143 Å². The van der Waals surface area contributed by atoms with E-state index in [1.807, 2.05) is 36.4 Å². The Morgan fingerprint density at radius 2 is 0.532 bits per heavy atom. The summed E-state index contributed by atoms with van der Waals surface area (Å²) in [5, 5.41) is 0. The van der Waals surface area contributed by atoms with E-state index in [1.165, 1.54) is 138 Å². The topological polar surface area (TPSA) is 9.23 Å². The standard InChI is InChI=1S/2C6H4F2.2C6H5F.C6H12.C6H10.C6H6.C5H10O.8CH4/c7-5-2-1-3-6(8)4-5;7-5-3-1-2-4-6(5)8;2*7-6-4-2-1-3-5-6;4*1-2-4-6-5-3-1;;;;;;;;/h2*1-4H;2*1-5H;1-6H2;1-2H,3-6H2;1-6H;1-5H2;8*1H4. The molecule has 1 saturated heterocycles. The number of allylic oxidation sites excluding steroid dienone is 2. The van der Waals surface area contributed by atoms with Gasteiger partial charge in [0.2, 0.25) is 0 Å². The highest BCUT2D eigenvalue weighted by atomic mass is 19.2. The molecule has 0 spiro atoms. The first-order chi connectivity index (χ1) is 26.4. The van der Waals surface area contributed by atoms with Crippen LogP contribution in [0, 0.1) is 34.9 Å². The summed E-state index contributed by atoms with van der Waals surface area (Å²) in [6.45, 7) is 2.00. The minimum Gasteiger partial charge on any atom is -0.381 e. The van der Waals surface area contributed by atoms with E-state index < -0.39 is 23.3 Å². The van der Waals surface area contributed by atoms with Crippen LogP contribution in [0.4, 0.5) is 26.3 Å². The molecule has 62 heavy (non-hydrogen) atoms. The molecule has 3 aliphatic rings. The summed E-state index contributed by atoms with van der Waals surface area (Å²) in [6, 6.07) is 37.5. The quantitative estimate of drug-likeness (QED) is 0.111. The molecule has 0 atom stereocenters. The SMILES string of the molecule is C.C.C.C.C.C.C.C.C1=CCCCC1.C1CCCCC1.C1CCOCC1.Fc1cccc(F)c1.Fc1ccccc1.Fc1ccccc1.Fc1ccccc1F.c1ccccc1. The Morgan fingerprint density at radius 1 is 0.274 bits per heavy atom. The molecule has 0 aromatic heterocycles. The van der Waals surface area contributed by atoms with Gasteiger partial charge in [-0.2, -0.15) is 0 Å². The molecule has 0 unspecified atom stereocenters. The maximum atomic E-state index is 11.9. The number of hydrogen-bond acceptors (Lipinski definition) is 1. The zero-order valence-corrected chi connectivity index (χ0v) is 31.3. The van der Waals surface area contributed by atoms with E-state index >= 15 is 0 Å². The van der Waals surface area contributed by atoms with E-state index in [1.54, 1.807) is 36.4 Å². The van der Waals surface area contributed by atoms with Gasteiger partial charge in [0, 0.05) is 19.3 Å². The summed E-state index contributed by atoms with van der Waals surface area (Å²) in [4.78, 5) is 0. The van der Waals surface area contributed by atoms with E-state index in [4.69, 9.17) is 4.74 Å². The van der Waals surface area contributed by atoms with Crippen molar-refractivity contribution in [1.29, 1.82) is 0 Å². The first-order valence-electron chi connectivity index (χ1n) is 18.8. The smallest absolute Gasteiger partial charge is 0.158 e. The molecule has 2 aliphatic carbocycles. The Hall–Kier alpha value is -4.62. The zero-order chi connectivity index (χ0) is 39.2. The predicted octanol–water partition coefficient (Wildman–Crippen LogP) is 20.0. The van der Waals surface area contributed by atoms with Gasteiger partial charge in [0.1, 0.15) is 23.3 Å². The number of rotatable bonds is 0. The molecular weight excluding hydrogens is 791 g/mol. The van der Waals surface area contributed by atoms with Crippen LogP contribution in [-0.4, -0.2) is 13.2 Å². The second-order valence-corrected chi connectivity index (χ2v) is 12.2. The van der Waals surface area contributed by atoms with Crippen molar-refractivity contribution in [2.75, 3.05) is 13.2 Å². The molecule has 0 amide bonds. The molecule has 356 valence electrons. The van der Waals surface area contributed by atoms with E-state index in [0.29, 0.717) is 0 Å². The summed E-state index contributed by atoms with van der Waals surface area (Å²) in [5.41, 5.74) is 0. The first-order valence-corrected chi connectivity index (χ1v) is 18.8. The molecule has 0 N–H and O–H groups in total. The van der Waals surface area contributed by atoms with E-state index in [9.17, 15) is 26.3 Å². The molecule has 2 fully saturated rings. The molecule has 1 heterocycles. The lowest BCUT2D eigenvalue weighted by atomic mass is 10.0. The van der Waals surface area contributed by atoms with Crippen molar-refractivity contribution in [3.63, 3.8) is 0 Å².